The van der Waals surface area contributed by atoms with Gasteiger partial charge in [0.15, 0.2) is 0 Å². The van der Waals surface area contributed by atoms with Gasteiger partial charge in [0.2, 0.25) is 5.91 Å². The first kappa shape index (κ1) is 15.2. The van der Waals surface area contributed by atoms with E-state index in [1.54, 1.807) is 0 Å². The van der Waals surface area contributed by atoms with E-state index in [0.29, 0.717) is 19.5 Å². The number of likely N-dealkylation sites (tertiary alicyclic amines) is 1. The third kappa shape index (κ3) is 4.74. The number of aliphatic carboxylic acids is 1. The molecular weight excluding hydrogens is 254 g/mol. The van der Waals surface area contributed by atoms with Gasteiger partial charge in [0.1, 0.15) is 6.04 Å². The number of carbonyl (C=O) groups is 3. The second-order valence-corrected chi connectivity index (χ2v) is 4.63. The number of nitrogens with zero attached hydrogens (tertiary/aromatic N) is 1. The number of carbonyl (C=O) groups excluding carboxylic acids is 2. The fraction of sp³-hybridized carbons (Fsp3) is 0.727. The highest BCUT2D eigenvalue weighted by atomic mass is 16.4. The Morgan fingerprint density at radius 3 is 2.58 bits per heavy atom. The zero-order chi connectivity index (χ0) is 14.4. The van der Waals surface area contributed by atoms with E-state index in [2.05, 4.69) is 5.32 Å². The molecule has 0 aromatic carbocycles. The smallest absolute Gasteiger partial charge is 0.326 e. The van der Waals surface area contributed by atoms with Gasteiger partial charge in [-0.2, -0.15) is 0 Å². The Hall–Kier alpha value is -1.83. The third-order valence-electron chi connectivity index (χ3n) is 3.11. The molecule has 5 N–H and O–H groups in total. The summed E-state index contributed by atoms with van der Waals surface area (Å²) in [5.74, 6) is -1.77. The highest BCUT2D eigenvalue weighted by Crippen LogP contribution is 2.15. The Balaban J connectivity index is 2.47. The van der Waals surface area contributed by atoms with Crippen LogP contribution in [-0.2, 0) is 9.59 Å². The van der Waals surface area contributed by atoms with Gasteiger partial charge >= 0.3 is 12.0 Å². The molecule has 108 valence electrons. The number of carboxylic acids is 1. The number of urea groups is 1. The monoisotopic (exact) mass is 273 g/mol. The van der Waals surface area contributed by atoms with E-state index in [4.69, 9.17) is 15.9 Å². The SMILES string of the molecule is NC(=O)CC[C@H](NC(=O)N1CCC(CO)C1)C(=O)O. The molecule has 0 aromatic heterocycles. The molecule has 0 aliphatic carbocycles. The second kappa shape index (κ2) is 6.93. The lowest BCUT2D eigenvalue weighted by Crippen LogP contribution is -2.47. The number of aliphatic hydroxyl groups is 1. The van der Waals surface area contributed by atoms with Gasteiger partial charge < -0.3 is 26.2 Å². The lowest BCUT2D eigenvalue weighted by molar-refractivity contribution is -0.139. The molecule has 0 bridgehead atoms. The number of primary amides is 1. The molecule has 1 heterocycles. The van der Waals surface area contributed by atoms with Crippen LogP contribution in [0.25, 0.3) is 0 Å². The summed E-state index contributed by atoms with van der Waals surface area (Å²) in [4.78, 5) is 34.9. The number of rotatable bonds is 6. The van der Waals surface area contributed by atoms with Gasteiger partial charge in [-0.3, -0.25) is 4.79 Å². The molecule has 2 atom stereocenters. The number of amides is 3. The van der Waals surface area contributed by atoms with Crippen LogP contribution in [0.4, 0.5) is 4.79 Å². The average molecular weight is 273 g/mol. The fourth-order valence-corrected chi connectivity index (χ4v) is 1.95. The summed E-state index contributed by atoms with van der Waals surface area (Å²) in [5.41, 5.74) is 4.95. The molecular formula is C11H19N3O5. The van der Waals surface area contributed by atoms with Crippen LogP contribution in [0, 0.1) is 5.92 Å². The Morgan fingerprint density at radius 1 is 1.42 bits per heavy atom. The first-order valence-corrected chi connectivity index (χ1v) is 6.11. The summed E-state index contributed by atoms with van der Waals surface area (Å²) in [7, 11) is 0. The number of hydrogen-bond acceptors (Lipinski definition) is 4. The zero-order valence-corrected chi connectivity index (χ0v) is 10.5. The molecule has 19 heavy (non-hydrogen) atoms. The summed E-state index contributed by atoms with van der Waals surface area (Å²) in [6.07, 6.45) is 0.563. The van der Waals surface area contributed by atoms with Crippen molar-refractivity contribution in [2.24, 2.45) is 11.7 Å². The molecule has 0 saturated carbocycles. The van der Waals surface area contributed by atoms with E-state index in [-0.39, 0.29) is 25.4 Å². The lowest BCUT2D eigenvalue weighted by atomic mass is 10.1. The van der Waals surface area contributed by atoms with E-state index < -0.39 is 23.9 Å². The van der Waals surface area contributed by atoms with Crippen LogP contribution in [-0.4, -0.2) is 58.8 Å². The van der Waals surface area contributed by atoms with Crippen LogP contribution in [0.1, 0.15) is 19.3 Å². The van der Waals surface area contributed by atoms with Crippen molar-refractivity contribution in [2.45, 2.75) is 25.3 Å². The number of aliphatic hydroxyl groups excluding tert-OH is 1. The van der Waals surface area contributed by atoms with Crippen molar-refractivity contribution in [3.63, 3.8) is 0 Å². The number of carboxylic acid groups (broad SMARTS) is 1. The number of nitrogens with two attached hydrogens (primary N) is 1. The molecule has 1 aliphatic rings. The topological polar surface area (TPSA) is 133 Å². The minimum Gasteiger partial charge on any atom is -0.480 e. The van der Waals surface area contributed by atoms with Gasteiger partial charge in [-0.25, -0.2) is 9.59 Å². The lowest BCUT2D eigenvalue weighted by Gasteiger charge is -2.20. The van der Waals surface area contributed by atoms with Crippen molar-refractivity contribution >= 4 is 17.9 Å². The molecule has 1 rings (SSSR count). The fourth-order valence-electron chi connectivity index (χ4n) is 1.95. The van der Waals surface area contributed by atoms with Gasteiger partial charge in [-0.05, 0) is 12.8 Å². The van der Waals surface area contributed by atoms with Crippen LogP contribution in [0.5, 0.6) is 0 Å². The normalized spacial score (nSPS) is 20.1. The Morgan fingerprint density at radius 2 is 2.11 bits per heavy atom. The average Bonchev–Trinajstić information content (AvgIpc) is 2.82. The van der Waals surface area contributed by atoms with E-state index in [0.717, 1.165) is 0 Å². The molecule has 8 nitrogen and oxygen atoms in total. The first-order chi connectivity index (χ1) is 8.93. The summed E-state index contributed by atoms with van der Waals surface area (Å²) in [6, 6.07) is -1.62. The van der Waals surface area contributed by atoms with Crippen LogP contribution >= 0.6 is 0 Å². The zero-order valence-electron chi connectivity index (χ0n) is 10.5. The van der Waals surface area contributed by atoms with Crippen LogP contribution in [0.15, 0.2) is 0 Å². The molecule has 1 aliphatic heterocycles. The van der Waals surface area contributed by atoms with Crippen LogP contribution in [0.2, 0.25) is 0 Å². The van der Waals surface area contributed by atoms with Crippen molar-refractivity contribution in [3.05, 3.63) is 0 Å². The highest BCUT2D eigenvalue weighted by molar-refractivity contribution is 5.83. The Labute approximate surface area is 110 Å². The largest absolute Gasteiger partial charge is 0.480 e. The number of nitrogens with one attached hydrogen (secondary N) is 1. The number of hydrogen-bond donors (Lipinski definition) is 4. The molecule has 8 heteroatoms. The highest BCUT2D eigenvalue weighted by Gasteiger charge is 2.28. The van der Waals surface area contributed by atoms with Crippen LogP contribution < -0.4 is 11.1 Å². The van der Waals surface area contributed by atoms with Crippen molar-refractivity contribution in [2.75, 3.05) is 19.7 Å². The molecule has 0 radical (unpaired) electrons. The maximum Gasteiger partial charge on any atom is 0.326 e. The Bertz CT molecular complexity index is 360. The predicted octanol–water partition coefficient (Wildman–Crippen LogP) is -1.27. The quantitative estimate of drug-likeness (QED) is 0.479. The van der Waals surface area contributed by atoms with E-state index >= 15 is 0 Å². The maximum absolute atomic E-state index is 11.8. The molecule has 1 unspecified atom stereocenters. The molecule has 0 aromatic rings. The van der Waals surface area contributed by atoms with Gasteiger partial charge in [0.25, 0.3) is 0 Å². The van der Waals surface area contributed by atoms with Crippen LogP contribution in [0.3, 0.4) is 0 Å². The van der Waals surface area contributed by atoms with Gasteiger partial charge in [0.05, 0.1) is 0 Å². The molecule has 1 saturated heterocycles. The molecule has 3 amide bonds. The third-order valence-corrected chi connectivity index (χ3v) is 3.11. The van der Waals surface area contributed by atoms with Gasteiger partial charge in [0, 0.05) is 32.0 Å². The van der Waals surface area contributed by atoms with E-state index in [9.17, 15) is 14.4 Å². The predicted molar refractivity (Wildman–Crippen MR) is 65.1 cm³/mol. The minimum atomic E-state index is -1.20. The Kier molecular flexibility index (Phi) is 5.56. The minimum absolute atomic E-state index is 0.00775. The van der Waals surface area contributed by atoms with Gasteiger partial charge in [-0.15, -0.1) is 0 Å². The maximum atomic E-state index is 11.8. The van der Waals surface area contributed by atoms with Crippen molar-refractivity contribution in [3.8, 4) is 0 Å². The summed E-state index contributed by atoms with van der Waals surface area (Å²) in [6.45, 7) is 0.900. The summed E-state index contributed by atoms with van der Waals surface area (Å²) in [5, 5.41) is 20.3. The molecule has 1 fully saturated rings. The van der Waals surface area contributed by atoms with Gasteiger partial charge in [-0.1, -0.05) is 0 Å². The van der Waals surface area contributed by atoms with E-state index in [1.165, 1.54) is 4.90 Å². The van der Waals surface area contributed by atoms with Crippen molar-refractivity contribution < 1.29 is 24.6 Å². The van der Waals surface area contributed by atoms with E-state index in [1.807, 2.05) is 0 Å². The van der Waals surface area contributed by atoms with Crippen molar-refractivity contribution in [1.29, 1.82) is 0 Å². The standard InChI is InChI=1S/C11H19N3O5/c12-9(16)2-1-8(10(17)18)13-11(19)14-4-3-7(5-14)6-15/h7-8,15H,1-6H2,(H2,12,16)(H,13,19)(H,17,18)/t7?,8-/m0/s1. The summed E-state index contributed by atoms with van der Waals surface area (Å²) < 4.78 is 0. The first-order valence-electron chi connectivity index (χ1n) is 6.11. The van der Waals surface area contributed by atoms with Crippen molar-refractivity contribution in [1.82, 2.24) is 10.2 Å². The second-order valence-electron chi connectivity index (χ2n) is 4.63. The molecule has 0 spiro atoms. The summed E-state index contributed by atoms with van der Waals surface area (Å²) >= 11 is 0.